The molecule has 0 spiro atoms. The molecular weight excluding hydrogens is 208 g/mol. The molecule has 0 saturated carbocycles. The number of nitrogens with two attached hydrogens (primary N) is 2. The van der Waals surface area contributed by atoms with Crippen molar-refractivity contribution in [2.24, 2.45) is 17.4 Å². The number of hydrogen-bond donors (Lipinski definition) is 2. The molecule has 0 radical (unpaired) electrons. The van der Waals surface area contributed by atoms with Crippen LogP contribution in [0.4, 0.5) is 0 Å². The fourth-order valence-electron chi connectivity index (χ4n) is 1.87. The average molecular weight is 230 g/mol. The van der Waals surface area contributed by atoms with Gasteiger partial charge in [-0.1, -0.05) is 56.3 Å². The summed E-state index contributed by atoms with van der Waals surface area (Å²) in [5, 5.41) is 0. The standard InChI is InChI=1S/C14H18N2.CH4/c1-10-4-3-5-12(8-10)13-6-7-14(15,16)11(2)9-13;/h3-9,11H,15-16H2,1-2H3;1H4. The number of hydrogen-bond acceptors (Lipinski definition) is 2. The van der Waals surface area contributed by atoms with Crippen molar-refractivity contribution in [3.05, 3.63) is 53.6 Å². The van der Waals surface area contributed by atoms with Crippen molar-refractivity contribution in [2.75, 3.05) is 0 Å². The second-order valence-corrected chi connectivity index (χ2v) is 4.61. The van der Waals surface area contributed by atoms with Crippen LogP contribution in [0, 0.1) is 12.8 Å². The van der Waals surface area contributed by atoms with E-state index in [0.29, 0.717) is 0 Å². The first-order valence-corrected chi connectivity index (χ1v) is 5.55. The Morgan fingerprint density at radius 3 is 2.53 bits per heavy atom. The molecule has 0 heterocycles. The van der Waals surface area contributed by atoms with Crippen LogP contribution in [-0.4, -0.2) is 5.66 Å². The van der Waals surface area contributed by atoms with Crippen molar-refractivity contribution >= 4 is 5.57 Å². The zero-order valence-corrected chi connectivity index (χ0v) is 9.77. The van der Waals surface area contributed by atoms with Gasteiger partial charge in [0.2, 0.25) is 0 Å². The van der Waals surface area contributed by atoms with Gasteiger partial charge in [0.15, 0.2) is 0 Å². The van der Waals surface area contributed by atoms with Crippen LogP contribution in [0.1, 0.15) is 25.5 Å². The van der Waals surface area contributed by atoms with Gasteiger partial charge in [-0.2, -0.15) is 0 Å². The van der Waals surface area contributed by atoms with E-state index in [0.717, 1.165) is 0 Å². The molecule has 0 aliphatic heterocycles. The van der Waals surface area contributed by atoms with Crippen molar-refractivity contribution in [1.82, 2.24) is 0 Å². The maximum absolute atomic E-state index is 5.94. The summed E-state index contributed by atoms with van der Waals surface area (Å²) in [6, 6.07) is 8.44. The highest BCUT2D eigenvalue weighted by atomic mass is 15.0. The average Bonchev–Trinajstić information content (AvgIpc) is 2.22. The Morgan fingerprint density at radius 1 is 1.24 bits per heavy atom. The molecule has 1 aromatic carbocycles. The van der Waals surface area contributed by atoms with E-state index >= 15 is 0 Å². The number of rotatable bonds is 1. The molecule has 17 heavy (non-hydrogen) atoms. The Morgan fingerprint density at radius 2 is 1.94 bits per heavy atom. The number of allylic oxidation sites excluding steroid dienone is 2. The summed E-state index contributed by atoms with van der Waals surface area (Å²) in [7, 11) is 0. The Hall–Kier alpha value is -1.38. The van der Waals surface area contributed by atoms with Crippen molar-refractivity contribution in [1.29, 1.82) is 0 Å². The first-order chi connectivity index (χ1) is 7.49. The van der Waals surface area contributed by atoms with E-state index in [1.54, 1.807) is 0 Å². The van der Waals surface area contributed by atoms with E-state index in [9.17, 15) is 0 Å². The molecule has 1 atom stereocenters. The fourth-order valence-corrected chi connectivity index (χ4v) is 1.87. The lowest BCUT2D eigenvalue weighted by Gasteiger charge is -2.29. The van der Waals surface area contributed by atoms with Crippen molar-refractivity contribution < 1.29 is 0 Å². The Bertz CT molecular complexity index is 456. The highest BCUT2D eigenvalue weighted by Gasteiger charge is 2.25. The minimum absolute atomic E-state index is 0. The van der Waals surface area contributed by atoms with Crippen LogP contribution in [0.5, 0.6) is 0 Å². The molecule has 1 aromatic rings. The van der Waals surface area contributed by atoms with Gasteiger partial charge < -0.3 is 11.5 Å². The normalized spacial score (nSPS) is 21.6. The summed E-state index contributed by atoms with van der Waals surface area (Å²) in [4.78, 5) is 0. The topological polar surface area (TPSA) is 52.0 Å². The molecule has 1 unspecified atom stereocenters. The smallest absolute Gasteiger partial charge is 0.0893 e. The zero-order valence-electron chi connectivity index (χ0n) is 9.77. The lowest BCUT2D eigenvalue weighted by molar-refractivity contribution is 0.434. The first-order valence-electron chi connectivity index (χ1n) is 5.55. The molecule has 0 saturated heterocycles. The summed E-state index contributed by atoms with van der Waals surface area (Å²) in [5.41, 5.74) is 14.8. The summed E-state index contributed by atoms with van der Waals surface area (Å²) in [6.45, 7) is 4.13. The highest BCUT2D eigenvalue weighted by Crippen LogP contribution is 2.27. The largest absolute Gasteiger partial charge is 0.310 e. The monoisotopic (exact) mass is 230 g/mol. The van der Waals surface area contributed by atoms with E-state index < -0.39 is 5.66 Å². The van der Waals surface area contributed by atoms with Crippen LogP contribution >= 0.6 is 0 Å². The summed E-state index contributed by atoms with van der Waals surface area (Å²) >= 11 is 0. The lowest BCUT2D eigenvalue weighted by Crippen LogP contribution is -2.53. The second kappa shape index (κ2) is 4.86. The highest BCUT2D eigenvalue weighted by molar-refractivity contribution is 5.76. The van der Waals surface area contributed by atoms with Gasteiger partial charge in [0.25, 0.3) is 0 Å². The maximum Gasteiger partial charge on any atom is 0.0893 e. The van der Waals surface area contributed by atoms with Gasteiger partial charge in [0.1, 0.15) is 0 Å². The summed E-state index contributed by atoms with van der Waals surface area (Å²) in [6.07, 6.45) is 6.03. The number of aryl methyl sites for hydroxylation is 1. The lowest BCUT2D eigenvalue weighted by atomic mass is 9.86. The van der Waals surface area contributed by atoms with Crippen molar-refractivity contribution in [3.63, 3.8) is 0 Å². The van der Waals surface area contributed by atoms with Crippen LogP contribution in [-0.2, 0) is 0 Å². The molecule has 2 heteroatoms. The predicted octanol–water partition coefficient (Wildman–Crippen LogP) is 2.83. The van der Waals surface area contributed by atoms with Crippen LogP contribution in [0.25, 0.3) is 5.57 Å². The molecule has 1 aliphatic carbocycles. The van der Waals surface area contributed by atoms with Gasteiger partial charge in [0.05, 0.1) is 5.66 Å². The Balaban J connectivity index is 0.00000144. The van der Waals surface area contributed by atoms with Crippen molar-refractivity contribution in [2.45, 2.75) is 26.9 Å². The molecular formula is C15H22N2. The third kappa shape index (κ3) is 2.84. The molecule has 0 amide bonds. The molecule has 2 nitrogen and oxygen atoms in total. The maximum atomic E-state index is 5.94. The molecule has 4 N–H and O–H groups in total. The molecule has 92 valence electrons. The second-order valence-electron chi connectivity index (χ2n) is 4.61. The zero-order chi connectivity index (χ0) is 11.8. The van der Waals surface area contributed by atoms with E-state index in [4.69, 9.17) is 11.5 Å². The van der Waals surface area contributed by atoms with Crippen LogP contribution in [0.2, 0.25) is 0 Å². The number of benzene rings is 1. The van der Waals surface area contributed by atoms with E-state index in [-0.39, 0.29) is 13.3 Å². The quantitative estimate of drug-likeness (QED) is 0.729. The molecule has 2 rings (SSSR count). The van der Waals surface area contributed by atoms with Gasteiger partial charge in [-0.25, -0.2) is 0 Å². The Labute approximate surface area is 104 Å². The molecule has 0 fully saturated rings. The van der Waals surface area contributed by atoms with Crippen LogP contribution in [0.3, 0.4) is 0 Å². The Kier molecular flexibility index (Phi) is 3.91. The minimum Gasteiger partial charge on any atom is -0.310 e. The molecule has 0 aromatic heterocycles. The predicted molar refractivity (Wildman–Crippen MR) is 75.3 cm³/mol. The molecule has 1 aliphatic rings. The fraction of sp³-hybridized carbons (Fsp3) is 0.333. The van der Waals surface area contributed by atoms with E-state index in [1.165, 1.54) is 16.7 Å². The van der Waals surface area contributed by atoms with Crippen LogP contribution < -0.4 is 11.5 Å². The first kappa shape index (κ1) is 13.7. The minimum atomic E-state index is -0.715. The van der Waals surface area contributed by atoms with Crippen LogP contribution in [0.15, 0.2) is 42.5 Å². The van der Waals surface area contributed by atoms with E-state index in [1.807, 2.05) is 19.1 Å². The van der Waals surface area contributed by atoms with Crippen molar-refractivity contribution in [3.8, 4) is 0 Å². The van der Waals surface area contributed by atoms with Gasteiger partial charge >= 0.3 is 0 Å². The SMILES string of the molecule is C.Cc1cccc(C2=CC(C)C(N)(N)C=C2)c1. The van der Waals surface area contributed by atoms with Gasteiger partial charge in [0, 0.05) is 5.92 Å². The molecule has 0 bridgehead atoms. The van der Waals surface area contributed by atoms with E-state index in [2.05, 4.69) is 37.3 Å². The van der Waals surface area contributed by atoms with Gasteiger partial charge in [-0.05, 0) is 24.1 Å². The summed E-state index contributed by atoms with van der Waals surface area (Å²) in [5.74, 6) is 0.146. The third-order valence-electron chi connectivity index (χ3n) is 3.12. The third-order valence-corrected chi connectivity index (χ3v) is 3.12. The van der Waals surface area contributed by atoms with Gasteiger partial charge in [-0.3, -0.25) is 0 Å². The summed E-state index contributed by atoms with van der Waals surface area (Å²) < 4.78 is 0. The van der Waals surface area contributed by atoms with Gasteiger partial charge in [-0.15, -0.1) is 0 Å².